The lowest BCUT2D eigenvalue weighted by Gasteiger charge is -2.14. The smallest absolute Gasteiger partial charge is 0.338 e. The number of nitrogens with one attached hydrogen (secondary N) is 1. The molecule has 0 aliphatic heterocycles. The summed E-state index contributed by atoms with van der Waals surface area (Å²) in [6, 6.07) is 18.2. The predicted molar refractivity (Wildman–Crippen MR) is 118 cm³/mol. The van der Waals surface area contributed by atoms with Crippen molar-refractivity contribution in [3.05, 3.63) is 77.5 Å². The summed E-state index contributed by atoms with van der Waals surface area (Å²) in [5.74, 6) is -0.492. The Balaban J connectivity index is 1.68. The second kappa shape index (κ2) is 9.57. The SMILES string of the molecule is COCc1ccc(C(=O)OCC(=O)Nc2cc(C(C)(C)C)nn2-c2ccccc2)cc1. The van der Waals surface area contributed by atoms with E-state index >= 15 is 0 Å². The van der Waals surface area contributed by atoms with E-state index in [0.29, 0.717) is 18.0 Å². The van der Waals surface area contributed by atoms with Crippen molar-refractivity contribution >= 4 is 17.7 Å². The zero-order valence-electron chi connectivity index (χ0n) is 18.2. The third-order valence-corrected chi connectivity index (χ3v) is 4.58. The van der Waals surface area contributed by atoms with Crippen LogP contribution in [0.2, 0.25) is 0 Å². The molecule has 0 fully saturated rings. The van der Waals surface area contributed by atoms with Gasteiger partial charge in [-0.05, 0) is 29.8 Å². The van der Waals surface area contributed by atoms with Crippen molar-refractivity contribution in [2.75, 3.05) is 19.0 Å². The maximum Gasteiger partial charge on any atom is 0.338 e. The molecule has 1 N–H and O–H groups in total. The number of anilines is 1. The van der Waals surface area contributed by atoms with Crippen molar-refractivity contribution in [2.45, 2.75) is 32.8 Å². The summed E-state index contributed by atoms with van der Waals surface area (Å²) in [6.45, 7) is 6.22. The normalized spacial score (nSPS) is 11.2. The maximum absolute atomic E-state index is 12.5. The van der Waals surface area contributed by atoms with Gasteiger partial charge >= 0.3 is 5.97 Å². The largest absolute Gasteiger partial charge is 0.452 e. The Labute approximate surface area is 182 Å². The summed E-state index contributed by atoms with van der Waals surface area (Å²) >= 11 is 0. The standard InChI is InChI=1S/C24H27N3O4/c1-24(2,3)20-14-21(27(26-20)19-8-6-5-7-9-19)25-22(28)16-31-23(29)18-12-10-17(11-13-18)15-30-4/h5-14H,15-16H2,1-4H3,(H,25,28). The lowest BCUT2D eigenvalue weighted by Crippen LogP contribution is -2.22. The van der Waals surface area contributed by atoms with Gasteiger partial charge in [0.05, 0.1) is 23.6 Å². The van der Waals surface area contributed by atoms with Crippen molar-refractivity contribution in [1.82, 2.24) is 9.78 Å². The Morgan fingerprint density at radius 1 is 1.03 bits per heavy atom. The van der Waals surface area contributed by atoms with Gasteiger partial charge in [0.2, 0.25) is 0 Å². The first kappa shape index (κ1) is 22.2. The van der Waals surface area contributed by atoms with Gasteiger partial charge in [-0.2, -0.15) is 5.10 Å². The van der Waals surface area contributed by atoms with Gasteiger partial charge in [-0.15, -0.1) is 0 Å². The number of para-hydroxylation sites is 1. The quantitative estimate of drug-likeness (QED) is 0.581. The zero-order valence-corrected chi connectivity index (χ0v) is 18.2. The number of methoxy groups -OCH3 is 1. The van der Waals surface area contributed by atoms with Crippen LogP contribution in [0.4, 0.5) is 5.82 Å². The van der Waals surface area contributed by atoms with Crippen LogP contribution >= 0.6 is 0 Å². The Hall–Kier alpha value is -3.45. The first-order valence-corrected chi connectivity index (χ1v) is 9.99. The van der Waals surface area contributed by atoms with Crippen LogP contribution in [0, 0.1) is 0 Å². The van der Waals surface area contributed by atoms with E-state index in [0.717, 1.165) is 16.9 Å². The van der Waals surface area contributed by atoms with Crippen LogP contribution in [-0.2, 0) is 26.3 Å². The van der Waals surface area contributed by atoms with E-state index in [4.69, 9.17) is 9.47 Å². The monoisotopic (exact) mass is 421 g/mol. The Kier molecular flexibility index (Phi) is 6.87. The Bertz CT molecular complexity index is 1030. The Morgan fingerprint density at radius 3 is 2.32 bits per heavy atom. The van der Waals surface area contributed by atoms with E-state index in [-0.39, 0.29) is 5.41 Å². The van der Waals surface area contributed by atoms with Crippen molar-refractivity contribution < 1.29 is 19.1 Å². The van der Waals surface area contributed by atoms with Crippen molar-refractivity contribution in [1.29, 1.82) is 0 Å². The number of hydrogen-bond donors (Lipinski definition) is 1. The summed E-state index contributed by atoms with van der Waals surface area (Å²) in [5.41, 5.74) is 2.78. The molecule has 7 nitrogen and oxygen atoms in total. The molecule has 3 rings (SSSR count). The molecule has 1 amide bonds. The van der Waals surface area contributed by atoms with Gasteiger partial charge in [0.1, 0.15) is 5.82 Å². The highest BCUT2D eigenvalue weighted by Crippen LogP contribution is 2.26. The van der Waals surface area contributed by atoms with Gasteiger partial charge in [-0.1, -0.05) is 51.1 Å². The number of benzene rings is 2. The molecule has 0 spiro atoms. The molecule has 1 heterocycles. The average Bonchev–Trinajstić information content (AvgIpc) is 3.18. The number of esters is 1. The molecule has 1 aromatic heterocycles. The molecule has 7 heteroatoms. The van der Waals surface area contributed by atoms with Crippen molar-refractivity contribution in [2.24, 2.45) is 0 Å². The van der Waals surface area contributed by atoms with Gasteiger partial charge in [-0.3, -0.25) is 4.79 Å². The van der Waals surface area contributed by atoms with Crippen molar-refractivity contribution in [3.8, 4) is 5.69 Å². The minimum atomic E-state index is -0.564. The minimum absolute atomic E-state index is 0.193. The van der Waals surface area contributed by atoms with Gasteiger partial charge < -0.3 is 14.8 Å². The predicted octanol–water partition coefficient (Wildman–Crippen LogP) is 4.11. The number of amides is 1. The van der Waals surface area contributed by atoms with Crippen LogP contribution in [0.5, 0.6) is 0 Å². The molecule has 0 saturated carbocycles. The summed E-state index contributed by atoms with van der Waals surface area (Å²) in [7, 11) is 1.61. The average molecular weight is 421 g/mol. The molecule has 31 heavy (non-hydrogen) atoms. The topological polar surface area (TPSA) is 82.4 Å². The van der Waals surface area contributed by atoms with Gasteiger partial charge in [0, 0.05) is 18.6 Å². The van der Waals surface area contributed by atoms with Gasteiger partial charge in [0.15, 0.2) is 6.61 Å². The lowest BCUT2D eigenvalue weighted by molar-refractivity contribution is -0.119. The molecule has 0 aliphatic rings. The van der Waals surface area contributed by atoms with E-state index in [1.807, 2.05) is 36.4 Å². The number of carbonyl (C=O) groups is 2. The van der Waals surface area contributed by atoms with E-state index in [2.05, 4.69) is 31.2 Å². The minimum Gasteiger partial charge on any atom is -0.452 e. The summed E-state index contributed by atoms with van der Waals surface area (Å²) in [5, 5.41) is 7.46. The fraction of sp³-hybridized carbons (Fsp3) is 0.292. The number of hydrogen-bond acceptors (Lipinski definition) is 5. The van der Waals surface area contributed by atoms with E-state index in [9.17, 15) is 9.59 Å². The van der Waals surface area contributed by atoms with Gasteiger partial charge in [0.25, 0.3) is 5.91 Å². The summed E-state index contributed by atoms with van der Waals surface area (Å²) in [4.78, 5) is 24.7. The molecular weight excluding hydrogens is 394 g/mol. The van der Waals surface area contributed by atoms with Crippen LogP contribution < -0.4 is 5.32 Å². The zero-order chi connectivity index (χ0) is 22.4. The van der Waals surface area contributed by atoms with Gasteiger partial charge in [-0.25, -0.2) is 9.48 Å². The van der Waals surface area contributed by atoms with Crippen LogP contribution in [0.15, 0.2) is 60.7 Å². The highest BCUT2D eigenvalue weighted by atomic mass is 16.5. The molecule has 0 saturated heterocycles. The second-order valence-corrected chi connectivity index (χ2v) is 8.17. The molecule has 162 valence electrons. The van der Waals surface area contributed by atoms with Crippen LogP contribution in [0.25, 0.3) is 5.69 Å². The molecule has 0 bridgehead atoms. The molecule has 0 atom stereocenters. The maximum atomic E-state index is 12.5. The molecule has 2 aromatic carbocycles. The van der Waals surface area contributed by atoms with E-state index in [1.54, 1.807) is 36.1 Å². The molecule has 0 radical (unpaired) electrons. The molecule has 0 aliphatic carbocycles. The fourth-order valence-corrected chi connectivity index (χ4v) is 2.90. The van der Waals surface area contributed by atoms with Crippen LogP contribution in [0.3, 0.4) is 0 Å². The highest BCUT2D eigenvalue weighted by Gasteiger charge is 2.22. The van der Waals surface area contributed by atoms with E-state index < -0.39 is 18.5 Å². The molecule has 0 unspecified atom stereocenters. The fourth-order valence-electron chi connectivity index (χ4n) is 2.90. The van der Waals surface area contributed by atoms with Crippen molar-refractivity contribution in [3.63, 3.8) is 0 Å². The second-order valence-electron chi connectivity index (χ2n) is 8.17. The number of nitrogens with zero attached hydrogens (tertiary/aromatic N) is 2. The number of aromatic nitrogens is 2. The van der Waals surface area contributed by atoms with E-state index in [1.165, 1.54) is 0 Å². The molecule has 3 aromatic rings. The number of rotatable bonds is 7. The number of ether oxygens (including phenoxy) is 2. The first-order valence-electron chi connectivity index (χ1n) is 9.99. The lowest BCUT2D eigenvalue weighted by atomic mass is 9.92. The summed E-state index contributed by atoms with van der Waals surface area (Å²) in [6.07, 6.45) is 0. The third kappa shape index (κ3) is 5.79. The number of carbonyl (C=O) groups excluding carboxylic acids is 2. The van der Waals surface area contributed by atoms with Crippen LogP contribution in [-0.4, -0.2) is 35.4 Å². The first-order chi connectivity index (χ1) is 14.8. The third-order valence-electron chi connectivity index (χ3n) is 4.58. The van der Waals surface area contributed by atoms with Crippen LogP contribution in [0.1, 0.15) is 42.4 Å². The Morgan fingerprint density at radius 2 is 1.71 bits per heavy atom. The summed E-state index contributed by atoms with van der Waals surface area (Å²) < 4.78 is 11.9. The highest BCUT2D eigenvalue weighted by molar-refractivity contribution is 5.95. The molecular formula is C24H27N3O4.